The van der Waals surface area contributed by atoms with Gasteiger partial charge in [-0.2, -0.15) is 0 Å². The normalized spacial score (nSPS) is 24.7. The molecule has 0 aromatic heterocycles. The van der Waals surface area contributed by atoms with Crippen LogP contribution in [0.5, 0.6) is 17.2 Å². The Morgan fingerprint density at radius 2 is 1.76 bits per heavy atom. The van der Waals surface area contributed by atoms with Crippen LogP contribution in [0.1, 0.15) is 49.3 Å². The largest absolute Gasteiger partial charge is 0.493 e. The quantitative estimate of drug-likeness (QED) is 0.615. The van der Waals surface area contributed by atoms with E-state index in [9.17, 15) is 9.90 Å². The van der Waals surface area contributed by atoms with Crippen molar-refractivity contribution in [3.8, 4) is 17.2 Å². The van der Waals surface area contributed by atoms with Crippen LogP contribution in [0, 0.1) is 5.92 Å². The molecule has 1 amide bonds. The average Bonchev–Trinajstić information content (AvgIpc) is 2.87. The van der Waals surface area contributed by atoms with E-state index in [0.29, 0.717) is 36.8 Å². The Bertz CT molecular complexity index is 957. The maximum atomic E-state index is 13.0. The monoisotopic (exact) mass is 468 g/mol. The van der Waals surface area contributed by atoms with Crippen molar-refractivity contribution < 1.29 is 24.1 Å². The molecule has 0 unspecified atom stereocenters. The number of carbonyl (C=O) groups is 1. The van der Waals surface area contributed by atoms with E-state index in [4.69, 9.17) is 14.2 Å². The van der Waals surface area contributed by atoms with E-state index in [0.717, 1.165) is 36.8 Å². The van der Waals surface area contributed by atoms with Crippen LogP contribution in [0.2, 0.25) is 0 Å². The number of hydrogen-bond acceptors (Lipinski definition) is 6. The molecule has 34 heavy (non-hydrogen) atoms. The molecule has 1 aliphatic carbocycles. The van der Waals surface area contributed by atoms with Crippen molar-refractivity contribution in [2.75, 3.05) is 34.4 Å². The lowest BCUT2D eigenvalue weighted by Crippen LogP contribution is -2.56. The molecular weight excluding hydrogens is 432 g/mol. The van der Waals surface area contributed by atoms with E-state index in [1.807, 2.05) is 42.5 Å². The van der Waals surface area contributed by atoms with Crippen molar-refractivity contribution in [1.82, 2.24) is 10.2 Å². The summed E-state index contributed by atoms with van der Waals surface area (Å²) in [5.74, 6) is 1.70. The summed E-state index contributed by atoms with van der Waals surface area (Å²) in [5, 5.41) is 14.6. The van der Waals surface area contributed by atoms with Crippen LogP contribution in [0.15, 0.2) is 42.5 Å². The molecule has 7 nitrogen and oxygen atoms in total. The number of methoxy groups -OCH3 is 3. The minimum absolute atomic E-state index is 0.0254. The summed E-state index contributed by atoms with van der Waals surface area (Å²) in [7, 11) is 4.80. The van der Waals surface area contributed by atoms with Gasteiger partial charge in [-0.1, -0.05) is 43.2 Å². The summed E-state index contributed by atoms with van der Waals surface area (Å²) >= 11 is 0. The number of ether oxygens (including phenoxy) is 3. The Labute approximate surface area is 202 Å². The van der Waals surface area contributed by atoms with Crippen LogP contribution in [-0.2, 0) is 11.3 Å². The van der Waals surface area contributed by atoms with Gasteiger partial charge in [0.15, 0.2) is 11.5 Å². The number of nitrogens with zero attached hydrogens (tertiary/aromatic N) is 1. The summed E-state index contributed by atoms with van der Waals surface area (Å²) in [6.45, 7) is 1.41. The van der Waals surface area contributed by atoms with Crippen LogP contribution in [-0.4, -0.2) is 55.9 Å². The van der Waals surface area contributed by atoms with E-state index in [1.54, 1.807) is 21.3 Å². The zero-order valence-electron chi connectivity index (χ0n) is 20.4. The topological polar surface area (TPSA) is 80.3 Å². The number of piperidine rings is 1. The molecule has 3 atom stereocenters. The summed E-state index contributed by atoms with van der Waals surface area (Å²) < 4.78 is 16.7. The van der Waals surface area contributed by atoms with Crippen LogP contribution in [0.4, 0.5) is 0 Å². The van der Waals surface area contributed by atoms with Gasteiger partial charge in [-0.25, -0.2) is 0 Å². The van der Waals surface area contributed by atoms with E-state index in [2.05, 4.69) is 10.2 Å². The van der Waals surface area contributed by atoms with Gasteiger partial charge in [0, 0.05) is 25.0 Å². The van der Waals surface area contributed by atoms with Gasteiger partial charge < -0.3 is 24.6 Å². The summed E-state index contributed by atoms with van der Waals surface area (Å²) in [6.07, 6.45) is 4.49. The first-order chi connectivity index (χ1) is 16.5. The van der Waals surface area contributed by atoms with Gasteiger partial charge in [-0.05, 0) is 42.5 Å². The third-order valence-electron chi connectivity index (χ3n) is 7.38. The maximum absolute atomic E-state index is 13.0. The Morgan fingerprint density at radius 1 is 1.06 bits per heavy atom. The van der Waals surface area contributed by atoms with Crippen LogP contribution in [0.25, 0.3) is 0 Å². The van der Waals surface area contributed by atoms with Gasteiger partial charge in [0.1, 0.15) is 0 Å². The summed E-state index contributed by atoms with van der Waals surface area (Å²) in [5.41, 5.74) is 1.31. The molecule has 7 heteroatoms. The van der Waals surface area contributed by atoms with Gasteiger partial charge >= 0.3 is 0 Å². The number of likely N-dealkylation sites (tertiary alicyclic amines) is 1. The Balaban J connectivity index is 1.62. The van der Waals surface area contributed by atoms with Gasteiger partial charge in [0.25, 0.3) is 0 Å². The number of aliphatic hydroxyl groups is 1. The fourth-order valence-electron chi connectivity index (χ4n) is 5.67. The molecule has 1 aliphatic heterocycles. The van der Waals surface area contributed by atoms with Crippen molar-refractivity contribution in [2.45, 2.75) is 50.3 Å². The zero-order chi connectivity index (χ0) is 24.1. The van der Waals surface area contributed by atoms with Crippen molar-refractivity contribution >= 4 is 5.91 Å². The van der Waals surface area contributed by atoms with Crippen LogP contribution >= 0.6 is 0 Å². The standard InChI is InChI=1S/C27H36N2O5/c1-32-22-15-20(16-23(33-2)26(22)34-3)25-21-11-7-8-12-27(21,31)13-14-29(25)18-24(30)28-17-19-9-5-4-6-10-19/h4-6,9-10,15-16,21,25,31H,7-8,11-14,17-18H2,1-3H3,(H,28,30)/t21-,25+,27-/m1/s1. The maximum Gasteiger partial charge on any atom is 0.234 e. The third-order valence-corrected chi connectivity index (χ3v) is 7.38. The highest BCUT2D eigenvalue weighted by Crippen LogP contribution is 2.51. The minimum atomic E-state index is -0.722. The van der Waals surface area contributed by atoms with Gasteiger partial charge in [-0.3, -0.25) is 9.69 Å². The molecule has 2 aromatic carbocycles. The first-order valence-electron chi connectivity index (χ1n) is 12.1. The second kappa shape index (κ2) is 10.7. The first-order valence-corrected chi connectivity index (χ1v) is 12.1. The van der Waals surface area contributed by atoms with Crippen molar-refractivity contribution in [1.29, 1.82) is 0 Å². The number of hydrogen-bond donors (Lipinski definition) is 2. The highest BCUT2D eigenvalue weighted by Gasteiger charge is 2.49. The molecule has 2 N–H and O–H groups in total. The molecule has 184 valence electrons. The van der Waals surface area contributed by atoms with E-state index in [-0.39, 0.29) is 24.4 Å². The number of fused-ring (bicyclic) bond motifs is 1. The lowest BCUT2D eigenvalue weighted by atomic mass is 9.66. The van der Waals surface area contributed by atoms with Crippen molar-refractivity contribution in [3.05, 3.63) is 53.6 Å². The van der Waals surface area contributed by atoms with Crippen LogP contribution < -0.4 is 19.5 Å². The smallest absolute Gasteiger partial charge is 0.234 e. The first kappa shape index (κ1) is 24.4. The fourth-order valence-corrected chi connectivity index (χ4v) is 5.67. The predicted octanol–water partition coefficient (Wildman–Crippen LogP) is 3.70. The number of nitrogens with one attached hydrogen (secondary N) is 1. The molecule has 0 bridgehead atoms. The number of benzene rings is 2. The fraction of sp³-hybridized carbons (Fsp3) is 0.519. The van der Waals surface area contributed by atoms with E-state index in [1.165, 1.54) is 0 Å². The number of amides is 1. The Morgan fingerprint density at radius 3 is 2.41 bits per heavy atom. The molecule has 2 aromatic rings. The van der Waals surface area contributed by atoms with Gasteiger partial charge in [0.05, 0.1) is 33.5 Å². The Hall–Kier alpha value is -2.77. The zero-order valence-corrected chi connectivity index (χ0v) is 20.4. The molecular formula is C27H36N2O5. The lowest BCUT2D eigenvalue weighted by molar-refractivity contribution is -0.138. The average molecular weight is 469 g/mol. The second-order valence-corrected chi connectivity index (χ2v) is 9.34. The Kier molecular flexibility index (Phi) is 7.63. The van der Waals surface area contributed by atoms with Gasteiger partial charge in [-0.15, -0.1) is 0 Å². The highest BCUT2D eigenvalue weighted by molar-refractivity contribution is 5.78. The third kappa shape index (κ3) is 5.00. The molecule has 1 heterocycles. The lowest BCUT2D eigenvalue weighted by Gasteiger charge is -2.52. The second-order valence-electron chi connectivity index (χ2n) is 9.34. The van der Waals surface area contributed by atoms with Crippen LogP contribution in [0.3, 0.4) is 0 Å². The minimum Gasteiger partial charge on any atom is -0.493 e. The van der Waals surface area contributed by atoms with Crippen molar-refractivity contribution in [2.24, 2.45) is 5.92 Å². The molecule has 0 spiro atoms. The van der Waals surface area contributed by atoms with E-state index < -0.39 is 5.60 Å². The predicted molar refractivity (Wildman–Crippen MR) is 130 cm³/mol. The summed E-state index contributed by atoms with van der Waals surface area (Å²) in [6, 6.07) is 13.7. The SMILES string of the molecule is COc1cc([C@H]2[C@H]3CCCC[C@@]3(O)CCN2CC(=O)NCc2ccccc2)cc(OC)c1OC. The molecule has 2 aliphatic rings. The summed E-state index contributed by atoms with van der Waals surface area (Å²) in [4.78, 5) is 15.2. The number of carbonyl (C=O) groups excluding carboxylic acids is 1. The number of rotatable bonds is 8. The molecule has 1 saturated carbocycles. The van der Waals surface area contributed by atoms with Crippen molar-refractivity contribution in [3.63, 3.8) is 0 Å². The molecule has 2 fully saturated rings. The molecule has 4 rings (SSSR count). The van der Waals surface area contributed by atoms with E-state index >= 15 is 0 Å². The molecule has 0 radical (unpaired) electrons. The highest BCUT2D eigenvalue weighted by atomic mass is 16.5. The molecule has 1 saturated heterocycles. The van der Waals surface area contributed by atoms with Gasteiger partial charge in [0.2, 0.25) is 11.7 Å².